The van der Waals surface area contributed by atoms with Gasteiger partial charge in [-0.05, 0) is 12.8 Å². The highest BCUT2D eigenvalue weighted by Gasteiger charge is 2.15. The molecule has 0 bridgehead atoms. The minimum Gasteiger partial charge on any atom is -0.462 e. The molecule has 0 saturated heterocycles. The molecule has 1 N–H and O–H groups in total. The molecule has 0 amide bonds. The molecule has 0 aliphatic rings. The van der Waals surface area contributed by atoms with E-state index >= 15 is 0 Å². The molecule has 154 valence electrons. The predicted octanol–water partition coefficient (Wildman–Crippen LogP) is 4.93. The number of hydrogen-bond acceptors (Lipinski definition) is 5. The van der Waals surface area contributed by atoms with Gasteiger partial charge in [-0.1, -0.05) is 78.1 Å². The van der Waals surface area contributed by atoms with Crippen LogP contribution >= 0.6 is 0 Å². The minimum absolute atomic E-state index is 0.0666. The lowest BCUT2D eigenvalue weighted by Crippen LogP contribution is -2.28. The third kappa shape index (κ3) is 16.4. The van der Waals surface area contributed by atoms with E-state index in [1.807, 2.05) is 6.92 Å². The van der Waals surface area contributed by atoms with E-state index in [0.29, 0.717) is 12.8 Å². The van der Waals surface area contributed by atoms with Crippen molar-refractivity contribution >= 4 is 11.9 Å². The molecule has 0 rings (SSSR count). The fraction of sp³-hybridized carbons (Fsp3) is 0.905. The molecule has 0 aliphatic heterocycles. The molecule has 0 aromatic carbocycles. The number of aliphatic hydroxyl groups excluding tert-OH is 1. The zero-order valence-electron chi connectivity index (χ0n) is 17.0. The third-order valence-electron chi connectivity index (χ3n) is 4.40. The van der Waals surface area contributed by atoms with Gasteiger partial charge in [0, 0.05) is 12.8 Å². The summed E-state index contributed by atoms with van der Waals surface area (Å²) in [4.78, 5) is 23.2. The smallest absolute Gasteiger partial charge is 0.306 e. The highest BCUT2D eigenvalue weighted by Crippen LogP contribution is 2.12. The lowest BCUT2D eigenvalue weighted by molar-refractivity contribution is -0.161. The molecular weight excluding hydrogens is 332 g/mol. The van der Waals surface area contributed by atoms with E-state index in [2.05, 4.69) is 6.92 Å². The molecule has 0 aromatic rings. The van der Waals surface area contributed by atoms with E-state index in [-0.39, 0.29) is 25.2 Å². The van der Waals surface area contributed by atoms with Crippen LogP contribution in [-0.2, 0) is 19.1 Å². The first-order valence-electron chi connectivity index (χ1n) is 10.6. The van der Waals surface area contributed by atoms with Gasteiger partial charge in [0.1, 0.15) is 6.61 Å². The zero-order valence-corrected chi connectivity index (χ0v) is 17.0. The number of aliphatic hydroxyl groups is 1. The molecule has 26 heavy (non-hydrogen) atoms. The van der Waals surface area contributed by atoms with Gasteiger partial charge in [-0.3, -0.25) is 9.59 Å². The number of ether oxygens (including phenoxy) is 2. The van der Waals surface area contributed by atoms with Crippen molar-refractivity contribution in [1.82, 2.24) is 0 Å². The van der Waals surface area contributed by atoms with E-state index in [1.165, 1.54) is 44.9 Å². The zero-order chi connectivity index (χ0) is 19.5. The first-order chi connectivity index (χ1) is 12.6. The molecular formula is C21H40O5. The second-order valence-corrected chi connectivity index (χ2v) is 7.01. The molecule has 1 atom stereocenters. The van der Waals surface area contributed by atoms with Crippen LogP contribution in [0.2, 0.25) is 0 Å². The van der Waals surface area contributed by atoms with Gasteiger partial charge in [0.15, 0.2) is 6.10 Å². The number of esters is 2. The van der Waals surface area contributed by atoms with Crippen molar-refractivity contribution in [1.29, 1.82) is 0 Å². The van der Waals surface area contributed by atoms with Crippen LogP contribution in [0.3, 0.4) is 0 Å². The van der Waals surface area contributed by atoms with Gasteiger partial charge in [-0.15, -0.1) is 0 Å². The molecule has 0 spiro atoms. The van der Waals surface area contributed by atoms with Crippen LogP contribution in [0.25, 0.3) is 0 Å². The summed E-state index contributed by atoms with van der Waals surface area (Å²) in [5, 5.41) is 9.24. The quantitative estimate of drug-likeness (QED) is 0.273. The van der Waals surface area contributed by atoms with Crippen LogP contribution < -0.4 is 0 Å². The Morgan fingerprint density at radius 2 is 1.23 bits per heavy atom. The highest BCUT2D eigenvalue weighted by molar-refractivity contribution is 5.70. The summed E-state index contributed by atoms with van der Waals surface area (Å²) in [6, 6.07) is 0. The van der Waals surface area contributed by atoms with Crippen LogP contribution in [0, 0.1) is 0 Å². The minimum atomic E-state index is -0.754. The van der Waals surface area contributed by atoms with Crippen molar-refractivity contribution in [2.75, 3.05) is 13.2 Å². The summed E-state index contributed by atoms with van der Waals surface area (Å²) in [6.45, 7) is 3.83. The summed E-state index contributed by atoms with van der Waals surface area (Å²) in [7, 11) is 0. The van der Waals surface area contributed by atoms with Crippen LogP contribution in [0.5, 0.6) is 0 Å². The Morgan fingerprint density at radius 1 is 0.731 bits per heavy atom. The molecule has 0 fully saturated rings. The largest absolute Gasteiger partial charge is 0.462 e. The summed E-state index contributed by atoms with van der Waals surface area (Å²) in [5.74, 6) is -0.635. The van der Waals surface area contributed by atoms with Gasteiger partial charge < -0.3 is 14.6 Å². The Balaban J connectivity index is 3.59. The lowest BCUT2D eigenvalue weighted by atomic mass is 10.1. The van der Waals surface area contributed by atoms with E-state index in [9.17, 15) is 14.7 Å². The summed E-state index contributed by atoms with van der Waals surface area (Å²) < 4.78 is 10.2. The second-order valence-electron chi connectivity index (χ2n) is 7.01. The molecule has 0 saturated carbocycles. The molecule has 0 aliphatic carbocycles. The van der Waals surface area contributed by atoms with Crippen molar-refractivity contribution in [3.63, 3.8) is 0 Å². The van der Waals surface area contributed by atoms with Gasteiger partial charge in [0.05, 0.1) is 6.61 Å². The van der Waals surface area contributed by atoms with Crippen molar-refractivity contribution in [2.24, 2.45) is 0 Å². The Kier molecular flexibility index (Phi) is 17.9. The first-order valence-corrected chi connectivity index (χ1v) is 10.6. The number of carbonyl (C=O) groups excluding carboxylic acids is 2. The fourth-order valence-corrected chi connectivity index (χ4v) is 2.70. The maximum Gasteiger partial charge on any atom is 0.306 e. The van der Waals surface area contributed by atoms with E-state index in [1.54, 1.807) is 0 Å². The van der Waals surface area contributed by atoms with Crippen molar-refractivity contribution in [3.8, 4) is 0 Å². The Bertz CT molecular complexity index is 343. The Morgan fingerprint density at radius 3 is 1.77 bits per heavy atom. The number of carbonyl (C=O) groups is 2. The average molecular weight is 373 g/mol. The SMILES string of the molecule is CCCCCCCCCCCCC(=O)OC(CO)COC(=O)CCCC. The molecule has 0 aromatic heterocycles. The van der Waals surface area contributed by atoms with Crippen molar-refractivity contribution in [3.05, 3.63) is 0 Å². The number of unbranched alkanes of at least 4 members (excludes halogenated alkanes) is 10. The normalized spacial score (nSPS) is 12.0. The summed E-state index contributed by atoms with van der Waals surface area (Å²) in [5.41, 5.74) is 0. The first kappa shape index (κ1) is 24.9. The predicted molar refractivity (Wildman–Crippen MR) is 104 cm³/mol. The third-order valence-corrected chi connectivity index (χ3v) is 4.40. The topological polar surface area (TPSA) is 72.8 Å². The molecule has 0 heterocycles. The van der Waals surface area contributed by atoms with Crippen molar-refractivity contribution < 1.29 is 24.2 Å². The van der Waals surface area contributed by atoms with Gasteiger partial charge in [0.25, 0.3) is 0 Å². The second kappa shape index (κ2) is 18.7. The van der Waals surface area contributed by atoms with Gasteiger partial charge >= 0.3 is 11.9 Å². The summed E-state index contributed by atoms with van der Waals surface area (Å²) in [6.07, 6.45) is 13.8. The monoisotopic (exact) mass is 372 g/mol. The number of hydrogen-bond donors (Lipinski definition) is 1. The maximum absolute atomic E-state index is 11.8. The van der Waals surface area contributed by atoms with Gasteiger partial charge in [-0.25, -0.2) is 0 Å². The van der Waals surface area contributed by atoms with Crippen LogP contribution in [0.1, 0.15) is 104 Å². The highest BCUT2D eigenvalue weighted by atomic mass is 16.6. The Hall–Kier alpha value is -1.10. The fourth-order valence-electron chi connectivity index (χ4n) is 2.70. The molecule has 1 unspecified atom stereocenters. The van der Waals surface area contributed by atoms with E-state index in [4.69, 9.17) is 9.47 Å². The Labute approximate surface area is 159 Å². The van der Waals surface area contributed by atoms with Crippen LogP contribution in [0.15, 0.2) is 0 Å². The van der Waals surface area contributed by atoms with Gasteiger partial charge in [-0.2, -0.15) is 0 Å². The lowest BCUT2D eigenvalue weighted by Gasteiger charge is -2.15. The van der Waals surface area contributed by atoms with Crippen molar-refractivity contribution in [2.45, 2.75) is 110 Å². The number of rotatable bonds is 18. The van der Waals surface area contributed by atoms with Crippen LogP contribution in [-0.4, -0.2) is 36.4 Å². The molecule has 0 radical (unpaired) electrons. The maximum atomic E-state index is 11.8. The van der Waals surface area contributed by atoms with E-state index < -0.39 is 6.10 Å². The van der Waals surface area contributed by atoms with Crippen LogP contribution in [0.4, 0.5) is 0 Å². The van der Waals surface area contributed by atoms with Gasteiger partial charge in [0.2, 0.25) is 0 Å². The average Bonchev–Trinajstić information content (AvgIpc) is 2.64. The summed E-state index contributed by atoms with van der Waals surface area (Å²) >= 11 is 0. The van der Waals surface area contributed by atoms with E-state index in [0.717, 1.165) is 32.1 Å². The molecule has 5 heteroatoms. The standard InChI is InChI=1S/C21H40O5/c1-3-5-7-8-9-10-11-12-13-14-16-21(24)26-19(17-22)18-25-20(23)15-6-4-2/h19,22H,3-18H2,1-2H3. The molecule has 5 nitrogen and oxygen atoms in total.